The van der Waals surface area contributed by atoms with Gasteiger partial charge in [-0.15, -0.1) is 20.7 Å². The largest absolute Gasteiger partial charge is 0.419 e. The molecule has 0 aromatic carbocycles. The highest BCUT2D eigenvalue weighted by atomic mass is 32.3. The SMILES string of the molecule is CCN1Cc2c(cnn2C)N(OS(=O)(=O)O)C1=O.Nc1csc(CN=CNO)n1. The van der Waals surface area contributed by atoms with Crippen LogP contribution >= 0.6 is 11.3 Å². The van der Waals surface area contributed by atoms with Gasteiger partial charge in [-0.1, -0.05) is 0 Å². The van der Waals surface area contributed by atoms with E-state index in [4.69, 9.17) is 15.5 Å². The Hall–Kier alpha value is -2.79. The van der Waals surface area contributed by atoms with Crippen LogP contribution in [0.4, 0.5) is 16.3 Å². The number of urea groups is 1. The van der Waals surface area contributed by atoms with E-state index in [-0.39, 0.29) is 5.69 Å². The molecule has 0 aliphatic carbocycles. The minimum absolute atomic E-state index is 0.199. The molecule has 0 bridgehead atoms. The van der Waals surface area contributed by atoms with Gasteiger partial charge in [0.05, 0.1) is 25.0 Å². The average molecular weight is 448 g/mol. The predicted molar refractivity (Wildman–Crippen MR) is 103 cm³/mol. The van der Waals surface area contributed by atoms with Gasteiger partial charge in [-0.3, -0.25) is 24.9 Å². The predicted octanol–water partition coefficient (Wildman–Crippen LogP) is 0.149. The molecule has 0 fully saturated rings. The Balaban J connectivity index is 0.000000234. The summed E-state index contributed by atoms with van der Waals surface area (Å²) < 4.78 is 36.0. The molecule has 0 saturated carbocycles. The number of nitrogens with two attached hydrogens (primary N) is 1. The molecule has 14 nitrogen and oxygen atoms in total. The fraction of sp³-hybridized carbons (Fsp3) is 0.385. The maximum Gasteiger partial charge on any atom is 0.419 e. The quantitative estimate of drug-likeness (QED) is 0.205. The standard InChI is InChI=1S/C8H12N4O5S.C5H8N4OS/c1-3-11-5-7-6(4-9-10(7)2)12(8(11)13)17-18(14,15)16;6-4-2-11-5(9-4)1-7-3-8-10/h4H,3,5H2,1-2H3,(H,14,15,16);2-3,10H,1,6H2,(H,7,8). The van der Waals surface area contributed by atoms with Gasteiger partial charge in [0, 0.05) is 19.0 Å². The molecule has 16 heteroatoms. The third-order valence-corrected chi connectivity index (χ3v) is 4.73. The highest BCUT2D eigenvalue weighted by Gasteiger charge is 2.35. The molecule has 5 N–H and O–H groups in total. The first kappa shape index (κ1) is 22.5. The number of aliphatic imine (C=N–C) groups is 1. The van der Waals surface area contributed by atoms with Crippen LogP contribution in [0.25, 0.3) is 0 Å². The molecule has 0 spiro atoms. The van der Waals surface area contributed by atoms with E-state index < -0.39 is 16.4 Å². The lowest BCUT2D eigenvalue weighted by Gasteiger charge is -2.32. The summed E-state index contributed by atoms with van der Waals surface area (Å²) in [6.07, 6.45) is 2.49. The van der Waals surface area contributed by atoms with Gasteiger partial charge in [0.2, 0.25) is 0 Å². The van der Waals surface area contributed by atoms with Gasteiger partial charge >= 0.3 is 16.4 Å². The number of amides is 2. The topological polar surface area (TPSA) is 188 Å². The molecule has 0 radical (unpaired) electrons. The maximum atomic E-state index is 11.9. The summed E-state index contributed by atoms with van der Waals surface area (Å²) in [5, 5.41) is 15.1. The van der Waals surface area contributed by atoms with Crippen molar-refractivity contribution in [1.82, 2.24) is 25.1 Å². The molecular formula is C13H20N8O6S2. The van der Waals surface area contributed by atoms with Gasteiger partial charge in [-0.25, -0.2) is 9.78 Å². The number of nitrogens with one attached hydrogen (secondary N) is 1. The summed E-state index contributed by atoms with van der Waals surface area (Å²) in [5.41, 5.74) is 7.97. The number of fused-ring (bicyclic) bond motifs is 1. The minimum atomic E-state index is -4.78. The van der Waals surface area contributed by atoms with E-state index in [0.29, 0.717) is 36.2 Å². The van der Waals surface area contributed by atoms with Gasteiger partial charge in [0.25, 0.3) is 0 Å². The molecule has 0 atom stereocenters. The number of hydroxylamine groups is 2. The van der Waals surface area contributed by atoms with E-state index in [1.807, 2.05) is 0 Å². The number of carbonyl (C=O) groups excluding carboxylic acids is 1. The van der Waals surface area contributed by atoms with Crippen LogP contribution in [0.3, 0.4) is 0 Å². The summed E-state index contributed by atoms with van der Waals surface area (Å²) >= 11 is 1.44. The van der Waals surface area contributed by atoms with Crippen molar-refractivity contribution in [3.63, 3.8) is 0 Å². The first-order chi connectivity index (χ1) is 13.7. The highest BCUT2D eigenvalue weighted by Crippen LogP contribution is 2.28. The lowest BCUT2D eigenvalue weighted by atomic mass is 10.3. The van der Waals surface area contributed by atoms with Crippen molar-refractivity contribution in [3.8, 4) is 0 Å². The number of hydrogen-bond donors (Lipinski definition) is 4. The maximum absolute atomic E-state index is 11.9. The lowest BCUT2D eigenvalue weighted by molar-refractivity contribution is 0.160. The van der Waals surface area contributed by atoms with E-state index in [1.165, 1.54) is 33.5 Å². The van der Waals surface area contributed by atoms with Crippen LogP contribution in [0.15, 0.2) is 16.6 Å². The number of thiazole rings is 1. The molecule has 1 aliphatic heterocycles. The second-order valence-corrected chi connectivity index (χ2v) is 7.41. The van der Waals surface area contributed by atoms with Crippen molar-refractivity contribution in [3.05, 3.63) is 22.3 Å². The van der Waals surface area contributed by atoms with Crippen LogP contribution in [-0.4, -0.2) is 56.8 Å². The van der Waals surface area contributed by atoms with Crippen molar-refractivity contribution >= 4 is 45.6 Å². The number of carbonyl (C=O) groups is 1. The van der Waals surface area contributed by atoms with Crippen molar-refractivity contribution in [2.24, 2.45) is 12.0 Å². The fourth-order valence-corrected chi connectivity index (χ4v) is 3.21. The number of aryl methyl sites for hydroxylation is 1. The van der Waals surface area contributed by atoms with E-state index in [9.17, 15) is 13.2 Å². The van der Waals surface area contributed by atoms with Gasteiger partial charge in [-0.05, 0) is 6.92 Å². The third kappa shape index (κ3) is 6.09. The second-order valence-electron chi connectivity index (χ2n) is 5.46. The molecule has 0 saturated heterocycles. The van der Waals surface area contributed by atoms with Gasteiger partial charge in [-0.2, -0.15) is 13.5 Å². The Labute approximate surface area is 170 Å². The molecule has 3 heterocycles. The molecule has 2 aromatic rings. The Bertz CT molecular complexity index is 972. The normalized spacial score (nSPS) is 14.0. The summed E-state index contributed by atoms with van der Waals surface area (Å²) in [4.78, 5) is 21.0. The van der Waals surface area contributed by atoms with Crippen LogP contribution in [0, 0.1) is 0 Å². The smallest absolute Gasteiger partial charge is 0.383 e. The minimum Gasteiger partial charge on any atom is -0.383 e. The zero-order chi connectivity index (χ0) is 21.6. The first-order valence-corrected chi connectivity index (χ1v) is 10.3. The van der Waals surface area contributed by atoms with E-state index in [1.54, 1.807) is 24.8 Å². The molecule has 3 rings (SSSR count). The molecule has 0 unspecified atom stereocenters. The molecular weight excluding hydrogens is 428 g/mol. The molecule has 29 heavy (non-hydrogen) atoms. The van der Waals surface area contributed by atoms with E-state index in [2.05, 4.69) is 19.4 Å². The van der Waals surface area contributed by atoms with Crippen LogP contribution in [-0.2, 0) is 34.8 Å². The van der Waals surface area contributed by atoms with Crippen molar-refractivity contribution in [2.75, 3.05) is 17.3 Å². The van der Waals surface area contributed by atoms with Crippen molar-refractivity contribution < 1.29 is 27.3 Å². The summed E-state index contributed by atoms with van der Waals surface area (Å²) in [6, 6.07) is -0.671. The highest BCUT2D eigenvalue weighted by molar-refractivity contribution is 7.81. The molecule has 2 aromatic heterocycles. The van der Waals surface area contributed by atoms with Crippen molar-refractivity contribution in [1.29, 1.82) is 0 Å². The number of rotatable bonds is 6. The van der Waals surface area contributed by atoms with E-state index in [0.717, 1.165) is 5.01 Å². The zero-order valence-electron chi connectivity index (χ0n) is 15.5. The third-order valence-electron chi connectivity index (χ3n) is 3.54. The molecule has 2 amide bonds. The number of nitrogens with zero attached hydrogens (tertiary/aromatic N) is 6. The van der Waals surface area contributed by atoms with Gasteiger partial charge in [0.15, 0.2) is 0 Å². The van der Waals surface area contributed by atoms with Crippen molar-refractivity contribution in [2.45, 2.75) is 20.0 Å². The van der Waals surface area contributed by atoms with Crippen LogP contribution < -0.4 is 16.3 Å². The monoisotopic (exact) mass is 448 g/mol. The Morgan fingerprint density at radius 1 is 1.52 bits per heavy atom. The Kier molecular flexibility index (Phi) is 7.46. The summed E-state index contributed by atoms with van der Waals surface area (Å²) in [7, 11) is -3.12. The number of nitrogen functional groups attached to an aromatic ring is 1. The second kappa shape index (κ2) is 9.61. The summed E-state index contributed by atoms with van der Waals surface area (Å²) in [6.45, 7) is 2.85. The number of anilines is 2. The number of hydrogen-bond acceptors (Lipinski definition) is 10. The number of aromatic nitrogens is 3. The summed E-state index contributed by atoms with van der Waals surface area (Å²) in [5.74, 6) is 0.511. The molecule has 160 valence electrons. The average Bonchev–Trinajstić information content (AvgIpc) is 3.23. The van der Waals surface area contributed by atoms with Crippen LogP contribution in [0.2, 0.25) is 0 Å². The Morgan fingerprint density at radius 3 is 2.79 bits per heavy atom. The van der Waals surface area contributed by atoms with Crippen LogP contribution in [0.1, 0.15) is 17.6 Å². The molecule has 1 aliphatic rings. The van der Waals surface area contributed by atoms with Gasteiger partial charge < -0.3 is 10.6 Å². The first-order valence-electron chi connectivity index (χ1n) is 8.01. The van der Waals surface area contributed by atoms with Crippen LogP contribution in [0.5, 0.6) is 0 Å². The van der Waals surface area contributed by atoms with E-state index >= 15 is 0 Å². The lowest BCUT2D eigenvalue weighted by Crippen LogP contribution is -2.47. The Morgan fingerprint density at radius 2 is 2.24 bits per heavy atom. The fourth-order valence-electron chi connectivity index (χ4n) is 2.26. The zero-order valence-corrected chi connectivity index (χ0v) is 17.1. The van der Waals surface area contributed by atoms with Gasteiger partial charge in [0.1, 0.15) is 22.9 Å².